The summed E-state index contributed by atoms with van der Waals surface area (Å²) in [5, 5.41) is 0. The highest BCUT2D eigenvalue weighted by atomic mass is 32.2. The molecule has 7 heteroatoms. The van der Waals surface area contributed by atoms with Gasteiger partial charge in [-0.15, -0.1) is 0 Å². The fourth-order valence-corrected chi connectivity index (χ4v) is 5.44. The third kappa shape index (κ3) is 6.31. The quantitative estimate of drug-likeness (QED) is 0.675. The SMILES string of the molecule is CCCc1ccc(OCC(=O)N2CCC(NS(=O)(=O)c3ccc(C)cc3C)CC2)cc1. The van der Waals surface area contributed by atoms with Crippen LogP contribution in [0.25, 0.3) is 0 Å². The second-order valence-electron chi connectivity index (χ2n) is 8.23. The standard InChI is InChI=1S/C24H32N2O4S/c1-4-5-20-7-9-22(10-8-20)30-17-24(27)26-14-12-21(13-15-26)25-31(28,29)23-11-6-18(2)16-19(23)3/h6-11,16,21,25H,4-5,12-15,17H2,1-3H3. The van der Waals surface area contributed by atoms with Crippen LogP contribution in [0.4, 0.5) is 0 Å². The van der Waals surface area contributed by atoms with E-state index >= 15 is 0 Å². The Hall–Kier alpha value is -2.38. The molecule has 0 radical (unpaired) electrons. The van der Waals surface area contributed by atoms with Crippen LogP contribution < -0.4 is 9.46 Å². The van der Waals surface area contributed by atoms with Crippen LogP contribution in [0.1, 0.15) is 42.9 Å². The van der Waals surface area contributed by atoms with Crippen LogP contribution in [0.15, 0.2) is 47.4 Å². The van der Waals surface area contributed by atoms with E-state index in [1.54, 1.807) is 24.0 Å². The van der Waals surface area contributed by atoms with Gasteiger partial charge in [0.15, 0.2) is 6.61 Å². The highest BCUT2D eigenvalue weighted by Crippen LogP contribution is 2.20. The molecule has 1 saturated heterocycles. The molecule has 1 N–H and O–H groups in total. The van der Waals surface area contributed by atoms with E-state index in [9.17, 15) is 13.2 Å². The van der Waals surface area contributed by atoms with Crippen molar-refractivity contribution in [2.45, 2.75) is 57.4 Å². The summed E-state index contributed by atoms with van der Waals surface area (Å²) >= 11 is 0. The average Bonchev–Trinajstić information content (AvgIpc) is 2.73. The van der Waals surface area contributed by atoms with Crippen molar-refractivity contribution in [3.05, 3.63) is 59.2 Å². The molecule has 2 aromatic carbocycles. The van der Waals surface area contributed by atoms with Crippen LogP contribution in [-0.2, 0) is 21.2 Å². The Kier molecular flexibility index (Phi) is 7.73. The number of carbonyl (C=O) groups is 1. The number of likely N-dealkylation sites (tertiary alicyclic amines) is 1. The maximum atomic E-state index is 12.8. The second-order valence-corrected chi connectivity index (χ2v) is 9.91. The van der Waals surface area contributed by atoms with Crippen LogP contribution in [0.5, 0.6) is 5.75 Å². The largest absolute Gasteiger partial charge is 0.484 e. The highest BCUT2D eigenvalue weighted by Gasteiger charge is 2.27. The summed E-state index contributed by atoms with van der Waals surface area (Å²) in [5.74, 6) is 0.609. The molecule has 6 nitrogen and oxygen atoms in total. The molecule has 1 fully saturated rings. The van der Waals surface area contributed by atoms with Crippen LogP contribution >= 0.6 is 0 Å². The number of sulfonamides is 1. The summed E-state index contributed by atoms with van der Waals surface area (Å²) in [4.78, 5) is 14.6. The van der Waals surface area contributed by atoms with Gasteiger partial charge in [0.05, 0.1) is 4.90 Å². The van der Waals surface area contributed by atoms with Crippen molar-refractivity contribution < 1.29 is 17.9 Å². The molecule has 0 saturated carbocycles. The topological polar surface area (TPSA) is 75.7 Å². The number of benzene rings is 2. The van der Waals surface area contributed by atoms with Crippen molar-refractivity contribution in [2.75, 3.05) is 19.7 Å². The highest BCUT2D eigenvalue weighted by molar-refractivity contribution is 7.89. The summed E-state index contributed by atoms with van der Waals surface area (Å²) < 4.78 is 34.0. The molecule has 31 heavy (non-hydrogen) atoms. The minimum absolute atomic E-state index is 0.00786. The molecular weight excluding hydrogens is 412 g/mol. The number of ether oxygens (including phenoxy) is 1. The first-order chi connectivity index (χ1) is 14.8. The third-order valence-electron chi connectivity index (χ3n) is 5.61. The normalized spacial score (nSPS) is 15.1. The molecule has 168 valence electrons. The molecule has 0 bridgehead atoms. The molecule has 0 spiro atoms. The van der Waals surface area contributed by atoms with E-state index in [1.165, 1.54) is 5.56 Å². The smallest absolute Gasteiger partial charge is 0.260 e. The molecule has 0 aromatic heterocycles. The number of nitrogens with zero attached hydrogens (tertiary/aromatic N) is 1. The monoisotopic (exact) mass is 444 g/mol. The number of nitrogens with one attached hydrogen (secondary N) is 1. The Morgan fingerprint density at radius 2 is 1.77 bits per heavy atom. The van der Waals surface area contributed by atoms with Gasteiger partial charge in [-0.05, 0) is 62.4 Å². The molecule has 1 amide bonds. The first-order valence-corrected chi connectivity index (χ1v) is 12.4. The summed E-state index contributed by atoms with van der Waals surface area (Å²) in [7, 11) is -3.58. The molecule has 0 atom stereocenters. The van der Waals surface area contributed by atoms with E-state index in [2.05, 4.69) is 11.6 Å². The maximum absolute atomic E-state index is 12.8. The van der Waals surface area contributed by atoms with Crippen molar-refractivity contribution in [2.24, 2.45) is 0 Å². The lowest BCUT2D eigenvalue weighted by Crippen LogP contribution is -2.47. The predicted octanol–water partition coefficient (Wildman–Crippen LogP) is 3.60. The molecular formula is C24H32N2O4S. The van der Waals surface area contributed by atoms with Crippen LogP contribution in [-0.4, -0.2) is 45.0 Å². The Bertz CT molecular complexity index is 995. The third-order valence-corrected chi connectivity index (χ3v) is 7.29. The molecule has 2 aromatic rings. The van der Waals surface area contributed by atoms with Gasteiger partial charge in [-0.2, -0.15) is 0 Å². The van der Waals surface area contributed by atoms with Crippen LogP contribution in [0, 0.1) is 13.8 Å². The van der Waals surface area contributed by atoms with E-state index in [1.807, 2.05) is 37.3 Å². The first-order valence-electron chi connectivity index (χ1n) is 10.9. The van der Waals surface area contributed by atoms with Crippen LogP contribution in [0.3, 0.4) is 0 Å². The first kappa shape index (κ1) is 23.3. The van der Waals surface area contributed by atoms with Gasteiger partial charge in [0.25, 0.3) is 5.91 Å². The number of amides is 1. The maximum Gasteiger partial charge on any atom is 0.260 e. The van der Waals surface area contributed by atoms with Gasteiger partial charge in [0, 0.05) is 19.1 Å². The fraction of sp³-hybridized carbons (Fsp3) is 0.458. The minimum atomic E-state index is -3.58. The number of hydrogen-bond acceptors (Lipinski definition) is 4. The van der Waals surface area contributed by atoms with Gasteiger partial charge in [0.1, 0.15) is 5.75 Å². The van der Waals surface area contributed by atoms with Crippen molar-refractivity contribution in [1.29, 1.82) is 0 Å². The predicted molar refractivity (Wildman–Crippen MR) is 122 cm³/mol. The van der Waals surface area contributed by atoms with Gasteiger partial charge < -0.3 is 9.64 Å². The van der Waals surface area contributed by atoms with Gasteiger partial charge in [-0.3, -0.25) is 4.79 Å². The summed E-state index contributed by atoms with van der Waals surface area (Å²) in [5.41, 5.74) is 3.02. The zero-order valence-corrected chi connectivity index (χ0v) is 19.4. The fourth-order valence-electron chi connectivity index (χ4n) is 3.91. The number of carbonyl (C=O) groups excluding carboxylic acids is 1. The molecule has 1 aliphatic heterocycles. The van der Waals surface area contributed by atoms with Crippen molar-refractivity contribution in [3.63, 3.8) is 0 Å². The Morgan fingerprint density at radius 3 is 2.39 bits per heavy atom. The Morgan fingerprint density at radius 1 is 1.10 bits per heavy atom. The molecule has 0 unspecified atom stereocenters. The van der Waals surface area contributed by atoms with E-state index < -0.39 is 10.0 Å². The van der Waals surface area contributed by atoms with E-state index in [4.69, 9.17) is 4.74 Å². The average molecular weight is 445 g/mol. The number of rotatable bonds is 8. The van der Waals surface area contributed by atoms with E-state index in [0.29, 0.717) is 36.6 Å². The lowest BCUT2D eigenvalue weighted by Gasteiger charge is -2.32. The number of piperidine rings is 1. The second kappa shape index (κ2) is 10.3. The summed E-state index contributed by atoms with van der Waals surface area (Å²) in [6.45, 7) is 6.90. The zero-order valence-electron chi connectivity index (χ0n) is 18.6. The van der Waals surface area contributed by atoms with Gasteiger partial charge in [-0.1, -0.05) is 43.2 Å². The van der Waals surface area contributed by atoms with Gasteiger partial charge in [-0.25, -0.2) is 13.1 Å². The number of aryl methyl sites for hydroxylation is 3. The molecule has 0 aliphatic carbocycles. The summed E-state index contributed by atoms with van der Waals surface area (Å²) in [6.07, 6.45) is 3.29. The lowest BCUT2D eigenvalue weighted by molar-refractivity contribution is -0.134. The van der Waals surface area contributed by atoms with Gasteiger partial charge in [0.2, 0.25) is 10.0 Å². The molecule has 3 rings (SSSR count). The lowest BCUT2D eigenvalue weighted by atomic mass is 10.1. The van der Waals surface area contributed by atoms with E-state index in [0.717, 1.165) is 24.0 Å². The minimum Gasteiger partial charge on any atom is -0.484 e. The van der Waals surface area contributed by atoms with Crippen molar-refractivity contribution in [1.82, 2.24) is 9.62 Å². The van der Waals surface area contributed by atoms with Crippen LogP contribution in [0.2, 0.25) is 0 Å². The van der Waals surface area contributed by atoms with E-state index in [-0.39, 0.29) is 18.6 Å². The number of hydrogen-bond donors (Lipinski definition) is 1. The summed E-state index contributed by atoms with van der Waals surface area (Å²) in [6, 6.07) is 13.0. The Labute approximate surface area is 185 Å². The van der Waals surface area contributed by atoms with Gasteiger partial charge >= 0.3 is 0 Å². The molecule has 1 aliphatic rings. The van der Waals surface area contributed by atoms with Crippen molar-refractivity contribution in [3.8, 4) is 5.75 Å². The van der Waals surface area contributed by atoms with Crippen molar-refractivity contribution >= 4 is 15.9 Å². The Balaban J connectivity index is 1.48. The molecule has 1 heterocycles. The zero-order chi connectivity index (χ0) is 22.4.